The van der Waals surface area contributed by atoms with Crippen LogP contribution in [0.25, 0.3) is 0 Å². The molecule has 0 fully saturated rings. The van der Waals surface area contributed by atoms with Crippen molar-refractivity contribution >= 4 is 18.0 Å². The first-order chi connectivity index (χ1) is 14.9. The van der Waals surface area contributed by atoms with Crippen molar-refractivity contribution in [3.63, 3.8) is 0 Å². The van der Waals surface area contributed by atoms with Crippen LogP contribution in [0.4, 0.5) is 4.79 Å². The Labute approximate surface area is 183 Å². The molecule has 7 nitrogen and oxygen atoms in total. The molecule has 0 saturated heterocycles. The monoisotopic (exact) mass is 426 g/mol. The molecule has 0 aromatic heterocycles. The summed E-state index contributed by atoms with van der Waals surface area (Å²) in [5.74, 6) is -1.17. The van der Waals surface area contributed by atoms with Gasteiger partial charge in [-0.2, -0.15) is 0 Å². The van der Waals surface area contributed by atoms with Gasteiger partial charge in [-0.3, -0.25) is 4.79 Å². The summed E-state index contributed by atoms with van der Waals surface area (Å²) < 4.78 is 10.5. The topological polar surface area (TPSA) is 93.7 Å². The van der Waals surface area contributed by atoms with E-state index in [2.05, 4.69) is 10.6 Å². The van der Waals surface area contributed by atoms with Crippen LogP contribution in [-0.2, 0) is 32.3 Å². The second kappa shape index (κ2) is 12.4. The van der Waals surface area contributed by atoms with E-state index in [1.165, 1.54) is 0 Å². The molecule has 166 valence electrons. The molecular weight excluding hydrogens is 396 g/mol. The molecule has 0 aliphatic rings. The van der Waals surface area contributed by atoms with Crippen molar-refractivity contribution < 1.29 is 23.9 Å². The van der Waals surface area contributed by atoms with Gasteiger partial charge in [0.25, 0.3) is 0 Å². The third-order valence-electron chi connectivity index (χ3n) is 4.92. The van der Waals surface area contributed by atoms with Gasteiger partial charge in [-0.15, -0.1) is 0 Å². The van der Waals surface area contributed by atoms with Crippen molar-refractivity contribution in [3.8, 4) is 0 Å². The summed E-state index contributed by atoms with van der Waals surface area (Å²) in [5.41, 5.74) is 1.70. The molecule has 2 aromatic rings. The van der Waals surface area contributed by atoms with E-state index < -0.39 is 30.1 Å². The first-order valence-corrected chi connectivity index (χ1v) is 10.4. The Morgan fingerprint density at radius 2 is 1.32 bits per heavy atom. The van der Waals surface area contributed by atoms with Gasteiger partial charge in [0.05, 0.1) is 0 Å². The molecule has 2 amide bonds. The largest absolute Gasteiger partial charge is 0.459 e. The number of esters is 1. The fourth-order valence-electron chi connectivity index (χ4n) is 2.81. The summed E-state index contributed by atoms with van der Waals surface area (Å²) in [4.78, 5) is 37.2. The number of hydrogen-bond acceptors (Lipinski definition) is 5. The van der Waals surface area contributed by atoms with E-state index in [0.29, 0.717) is 6.42 Å². The molecule has 0 radical (unpaired) electrons. The summed E-state index contributed by atoms with van der Waals surface area (Å²) in [5, 5.41) is 5.24. The predicted octanol–water partition coefficient (Wildman–Crippen LogP) is 3.58. The van der Waals surface area contributed by atoms with Gasteiger partial charge in [-0.05, 0) is 24.0 Å². The van der Waals surface area contributed by atoms with Crippen LogP contribution in [-0.4, -0.2) is 30.1 Å². The van der Waals surface area contributed by atoms with Crippen molar-refractivity contribution in [1.82, 2.24) is 10.6 Å². The number of carbonyl (C=O) groups is 3. The van der Waals surface area contributed by atoms with Gasteiger partial charge < -0.3 is 20.1 Å². The Hall–Kier alpha value is -3.35. The standard InChI is InChI=1S/C24H30N2O5/c1-4-17(2)21(26-24(29)31-16-20-13-9-6-10-14-20)22(27)25-18(3)23(28)30-15-19-11-7-5-8-12-19/h5-14,17-18,21H,4,15-16H2,1-3H3,(H,25,27)(H,26,29)/t17-,18-,21+/m1/s1. The molecule has 0 bridgehead atoms. The van der Waals surface area contributed by atoms with Crippen LogP contribution in [0.3, 0.4) is 0 Å². The second-order valence-electron chi connectivity index (χ2n) is 7.39. The Morgan fingerprint density at radius 3 is 1.84 bits per heavy atom. The first-order valence-electron chi connectivity index (χ1n) is 10.4. The Balaban J connectivity index is 1.87. The Bertz CT molecular complexity index is 842. The van der Waals surface area contributed by atoms with Crippen molar-refractivity contribution in [3.05, 3.63) is 71.8 Å². The van der Waals surface area contributed by atoms with E-state index in [0.717, 1.165) is 11.1 Å². The van der Waals surface area contributed by atoms with E-state index in [1.54, 1.807) is 6.92 Å². The molecule has 0 spiro atoms. The van der Waals surface area contributed by atoms with Gasteiger partial charge in [0.1, 0.15) is 25.3 Å². The molecule has 3 atom stereocenters. The normalized spacial score (nSPS) is 13.4. The smallest absolute Gasteiger partial charge is 0.408 e. The maximum absolute atomic E-state index is 12.8. The highest BCUT2D eigenvalue weighted by molar-refractivity contribution is 5.89. The van der Waals surface area contributed by atoms with E-state index in [9.17, 15) is 14.4 Å². The molecule has 0 aliphatic heterocycles. The zero-order chi connectivity index (χ0) is 22.6. The summed E-state index contributed by atoms with van der Waals surface area (Å²) >= 11 is 0. The molecule has 2 aromatic carbocycles. The van der Waals surface area contributed by atoms with Gasteiger partial charge in [0.2, 0.25) is 5.91 Å². The van der Waals surface area contributed by atoms with Crippen LogP contribution in [0.2, 0.25) is 0 Å². The molecule has 0 saturated carbocycles. The number of ether oxygens (including phenoxy) is 2. The zero-order valence-electron chi connectivity index (χ0n) is 18.2. The Kier molecular flexibility index (Phi) is 9.55. The molecule has 2 N–H and O–H groups in total. The highest BCUT2D eigenvalue weighted by Crippen LogP contribution is 2.10. The fraction of sp³-hybridized carbons (Fsp3) is 0.375. The van der Waals surface area contributed by atoms with Gasteiger partial charge in [0.15, 0.2) is 0 Å². The van der Waals surface area contributed by atoms with Crippen LogP contribution in [0.5, 0.6) is 0 Å². The average Bonchev–Trinajstić information content (AvgIpc) is 2.80. The van der Waals surface area contributed by atoms with Crippen LogP contribution < -0.4 is 10.6 Å². The third-order valence-corrected chi connectivity index (χ3v) is 4.92. The number of rotatable bonds is 10. The number of alkyl carbamates (subject to hydrolysis) is 1. The van der Waals surface area contributed by atoms with Gasteiger partial charge in [-0.25, -0.2) is 9.59 Å². The molecule has 7 heteroatoms. The molecule has 2 rings (SSSR count). The summed E-state index contributed by atoms with van der Waals surface area (Å²) in [6.07, 6.45) is -0.0345. The maximum Gasteiger partial charge on any atom is 0.408 e. The molecule has 0 aliphatic carbocycles. The summed E-state index contributed by atoms with van der Waals surface area (Å²) in [7, 11) is 0. The van der Waals surface area contributed by atoms with E-state index in [4.69, 9.17) is 9.47 Å². The van der Waals surface area contributed by atoms with Crippen LogP contribution in [0.1, 0.15) is 38.3 Å². The minimum absolute atomic E-state index is 0.101. The van der Waals surface area contributed by atoms with Crippen molar-refractivity contribution in [1.29, 1.82) is 0 Å². The lowest BCUT2D eigenvalue weighted by Gasteiger charge is -2.24. The van der Waals surface area contributed by atoms with Crippen molar-refractivity contribution in [2.75, 3.05) is 0 Å². The predicted molar refractivity (Wildman–Crippen MR) is 117 cm³/mol. The number of hydrogen-bond donors (Lipinski definition) is 2. The van der Waals surface area contributed by atoms with Crippen LogP contribution >= 0.6 is 0 Å². The Morgan fingerprint density at radius 1 is 0.806 bits per heavy atom. The van der Waals surface area contributed by atoms with E-state index in [1.807, 2.05) is 74.5 Å². The van der Waals surface area contributed by atoms with E-state index >= 15 is 0 Å². The fourth-order valence-corrected chi connectivity index (χ4v) is 2.81. The third kappa shape index (κ3) is 8.12. The summed E-state index contributed by atoms with van der Waals surface area (Å²) in [6, 6.07) is 16.9. The highest BCUT2D eigenvalue weighted by atomic mass is 16.5. The molecule has 0 unspecified atom stereocenters. The lowest BCUT2D eigenvalue weighted by molar-refractivity contribution is -0.148. The number of nitrogens with one attached hydrogen (secondary N) is 2. The van der Waals surface area contributed by atoms with Gasteiger partial charge in [-0.1, -0.05) is 80.9 Å². The molecular formula is C24H30N2O5. The quantitative estimate of drug-likeness (QED) is 0.567. The SMILES string of the molecule is CC[C@@H](C)[C@H](NC(=O)OCc1ccccc1)C(=O)N[C@H](C)C(=O)OCc1ccccc1. The first kappa shape index (κ1) is 23.9. The number of benzene rings is 2. The second-order valence-corrected chi connectivity index (χ2v) is 7.39. The van der Waals surface area contributed by atoms with Gasteiger partial charge >= 0.3 is 12.1 Å². The van der Waals surface area contributed by atoms with Crippen molar-refractivity contribution in [2.24, 2.45) is 5.92 Å². The lowest BCUT2D eigenvalue weighted by atomic mass is 9.98. The maximum atomic E-state index is 12.8. The van der Waals surface area contributed by atoms with Gasteiger partial charge in [0, 0.05) is 0 Å². The summed E-state index contributed by atoms with van der Waals surface area (Å²) in [6.45, 7) is 5.54. The van der Waals surface area contributed by atoms with Crippen LogP contribution in [0, 0.1) is 5.92 Å². The minimum atomic E-state index is -0.857. The minimum Gasteiger partial charge on any atom is -0.459 e. The average molecular weight is 427 g/mol. The number of amides is 2. The molecule has 0 heterocycles. The van der Waals surface area contributed by atoms with E-state index in [-0.39, 0.29) is 19.1 Å². The zero-order valence-corrected chi connectivity index (χ0v) is 18.2. The molecule has 31 heavy (non-hydrogen) atoms. The number of carbonyl (C=O) groups excluding carboxylic acids is 3. The lowest BCUT2D eigenvalue weighted by Crippen LogP contribution is -2.53. The van der Waals surface area contributed by atoms with Crippen molar-refractivity contribution in [2.45, 2.75) is 52.5 Å². The van der Waals surface area contributed by atoms with Crippen LogP contribution in [0.15, 0.2) is 60.7 Å². The highest BCUT2D eigenvalue weighted by Gasteiger charge is 2.29.